The lowest BCUT2D eigenvalue weighted by molar-refractivity contribution is 0.0907. The lowest BCUT2D eigenvalue weighted by Gasteiger charge is -2.29. The highest BCUT2D eigenvalue weighted by molar-refractivity contribution is 5.99. The van der Waals surface area contributed by atoms with Gasteiger partial charge in [-0.3, -0.25) is 9.69 Å². The van der Waals surface area contributed by atoms with Crippen LogP contribution in [-0.4, -0.2) is 40.9 Å². The Morgan fingerprint density at radius 2 is 2.22 bits per heavy atom. The van der Waals surface area contributed by atoms with E-state index in [0.717, 1.165) is 42.9 Å². The second-order valence-electron chi connectivity index (χ2n) is 5.40. The van der Waals surface area contributed by atoms with Gasteiger partial charge in [-0.25, -0.2) is 0 Å². The molecule has 100 valence electrons. The van der Waals surface area contributed by atoms with Crippen LogP contribution in [0.1, 0.15) is 34.6 Å². The predicted molar refractivity (Wildman–Crippen MR) is 72.9 cm³/mol. The molecule has 1 unspecified atom stereocenters. The fourth-order valence-corrected chi connectivity index (χ4v) is 2.66. The van der Waals surface area contributed by atoms with Gasteiger partial charge in [-0.05, 0) is 39.3 Å². The molecule has 1 aliphatic rings. The van der Waals surface area contributed by atoms with E-state index in [4.69, 9.17) is 5.73 Å². The van der Waals surface area contributed by atoms with Gasteiger partial charge >= 0.3 is 0 Å². The van der Waals surface area contributed by atoms with E-state index in [0.29, 0.717) is 6.54 Å². The maximum Gasteiger partial charge on any atom is 0.178 e. The summed E-state index contributed by atoms with van der Waals surface area (Å²) in [6.45, 7) is 6.36. The molecule has 0 aromatic carbocycles. The molecule has 4 heteroatoms. The Morgan fingerprint density at radius 1 is 1.50 bits per heavy atom. The molecule has 0 bridgehead atoms. The molecule has 0 aliphatic carbocycles. The number of hydrogen-bond donors (Lipinski definition) is 1. The van der Waals surface area contributed by atoms with Crippen LogP contribution < -0.4 is 5.73 Å². The SMILES string of the molecule is Cc1cc(C(=O)CN2CCCC(N)C2)c(C)n1C. The number of nitrogens with two attached hydrogens (primary N) is 1. The summed E-state index contributed by atoms with van der Waals surface area (Å²) in [6, 6.07) is 2.21. The highest BCUT2D eigenvalue weighted by Crippen LogP contribution is 2.15. The van der Waals surface area contributed by atoms with Crippen LogP contribution in [0, 0.1) is 13.8 Å². The third-order valence-electron chi connectivity index (χ3n) is 3.98. The van der Waals surface area contributed by atoms with Crippen LogP contribution in [0.4, 0.5) is 0 Å². The highest BCUT2D eigenvalue weighted by atomic mass is 16.1. The van der Waals surface area contributed by atoms with E-state index in [1.54, 1.807) is 0 Å². The molecule has 0 spiro atoms. The Balaban J connectivity index is 2.05. The van der Waals surface area contributed by atoms with E-state index in [1.807, 2.05) is 27.0 Å². The fraction of sp³-hybridized carbons (Fsp3) is 0.643. The van der Waals surface area contributed by atoms with Gasteiger partial charge in [0.25, 0.3) is 0 Å². The number of aromatic nitrogens is 1. The maximum absolute atomic E-state index is 12.3. The molecule has 2 N–H and O–H groups in total. The molecule has 0 amide bonds. The summed E-state index contributed by atoms with van der Waals surface area (Å²) in [5.74, 6) is 0.213. The minimum Gasteiger partial charge on any atom is -0.351 e. The summed E-state index contributed by atoms with van der Waals surface area (Å²) in [6.07, 6.45) is 2.18. The van der Waals surface area contributed by atoms with Crippen LogP contribution in [0.3, 0.4) is 0 Å². The first-order chi connectivity index (χ1) is 8.49. The number of likely N-dealkylation sites (tertiary alicyclic amines) is 1. The van der Waals surface area contributed by atoms with Gasteiger partial charge in [0.1, 0.15) is 0 Å². The van der Waals surface area contributed by atoms with Gasteiger partial charge in [0, 0.05) is 36.6 Å². The normalized spacial score (nSPS) is 21.2. The van der Waals surface area contributed by atoms with E-state index in [1.165, 1.54) is 0 Å². The second kappa shape index (κ2) is 5.24. The number of rotatable bonds is 3. The number of ketones is 1. The monoisotopic (exact) mass is 249 g/mol. The van der Waals surface area contributed by atoms with Gasteiger partial charge in [-0.15, -0.1) is 0 Å². The molecule has 1 saturated heterocycles. The van der Waals surface area contributed by atoms with Crippen molar-refractivity contribution in [3.63, 3.8) is 0 Å². The first kappa shape index (κ1) is 13.3. The fourth-order valence-electron chi connectivity index (χ4n) is 2.66. The molecule has 0 radical (unpaired) electrons. The zero-order valence-electron chi connectivity index (χ0n) is 11.6. The third-order valence-corrected chi connectivity index (χ3v) is 3.98. The van der Waals surface area contributed by atoms with Crippen molar-refractivity contribution >= 4 is 5.78 Å². The average molecular weight is 249 g/mol. The smallest absolute Gasteiger partial charge is 0.178 e. The maximum atomic E-state index is 12.3. The van der Waals surface area contributed by atoms with Gasteiger partial charge in [0.05, 0.1) is 6.54 Å². The molecule has 1 fully saturated rings. The first-order valence-corrected chi connectivity index (χ1v) is 6.63. The van der Waals surface area contributed by atoms with E-state index in [9.17, 15) is 4.79 Å². The van der Waals surface area contributed by atoms with Crippen molar-refractivity contribution in [1.29, 1.82) is 0 Å². The van der Waals surface area contributed by atoms with Gasteiger partial charge in [0.2, 0.25) is 0 Å². The molecule has 1 aliphatic heterocycles. The molecule has 1 atom stereocenters. The Hall–Kier alpha value is -1.13. The molecule has 2 rings (SSSR count). The molecular weight excluding hydrogens is 226 g/mol. The number of hydrogen-bond acceptors (Lipinski definition) is 3. The molecule has 1 aromatic heterocycles. The lowest BCUT2D eigenvalue weighted by Crippen LogP contribution is -2.44. The van der Waals surface area contributed by atoms with E-state index in [-0.39, 0.29) is 11.8 Å². The minimum atomic E-state index is 0.213. The van der Waals surface area contributed by atoms with E-state index < -0.39 is 0 Å². The predicted octanol–water partition coefficient (Wildman–Crippen LogP) is 1.25. The molecule has 1 aromatic rings. The highest BCUT2D eigenvalue weighted by Gasteiger charge is 2.21. The van der Waals surface area contributed by atoms with Crippen LogP contribution in [0.5, 0.6) is 0 Å². The van der Waals surface area contributed by atoms with Crippen LogP contribution in [-0.2, 0) is 7.05 Å². The summed E-state index contributed by atoms with van der Waals surface area (Å²) in [5.41, 5.74) is 8.98. The Kier molecular flexibility index (Phi) is 3.88. The van der Waals surface area contributed by atoms with Crippen LogP contribution in [0.2, 0.25) is 0 Å². The van der Waals surface area contributed by atoms with E-state index in [2.05, 4.69) is 9.47 Å². The van der Waals surface area contributed by atoms with Crippen LogP contribution >= 0.6 is 0 Å². The molecule has 0 saturated carbocycles. The number of nitrogens with zero attached hydrogens (tertiary/aromatic N) is 2. The molecule has 2 heterocycles. The van der Waals surface area contributed by atoms with Crippen molar-refractivity contribution in [2.45, 2.75) is 32.7 Å². The number of carbonyl (C=O) groups excluding carboxylic acids is 1. The average Bonchev–Trinajstić information content (AvgIpc) is 2.57. The third kappa shape index (κ3) is 2.65. The summed E-state index contributed by atoms with van der Waals surface area (Å²) in [7, 11) is 2.00. The number of Topliss-reactive ketones (excluding diaryl/α,β-unsaturated/α-hetero) is 1. The standard InChI is InChI=1S/C14H23N3O/c1-10-7-13(11(2)16(10)3)14(18)9-17-6-4-5-12(15)8-17/h7,12H,4-6,8-9,15H2,1-3H3. The van der Waals surface area contributed by atoms with Gasteiger partial charge in [-0.2, -0.15) is 0 Å². The van der Waals surface area contributed by atoms with Gasteiger partial charge in [0.15, 0.2) is 5.78 Å². The lowest BCUT2D eigenvalue weighted by atomic mass is 10.1. The van der Waals surface area contributed by atoms with Crippen molar-refractivity contribution < 1.29 is 4.79 Å². The van der Waals surface area contributed by atoms with Crippen molar-refractivity contribution in [2.24, 2.45) is 12.8 Å². The van der Waals surface area contributed by atoms with Gasteiger partial charge < -0.3 is 10.3 Å². The van der Waals surface area contributed by atoms with Crippen LogP contribution in [0.25, 0.3) is 0 Å². The summed E-state index contributed by atoms with van der Waals surface area (Å²) in [4.78, 5) is 14.5. The molecular formula is C14H23N3O. The molecule has 4 nitrogen and oxygen atoms in total. The van der Waals surface area contributed by atoms with Crippen molar-refractivity contribution in [1.82, 2.24) is 9.47 Å². The van der Waals surface area contributed by atoms with Crippen LogP contribution in [0.15, 0.2) is 6.07 Å². The Labute approximate surface area is 109 Å². The summed E-state index contributed by atoms with van der Waals surface area (Å²) in [5, 5.41) is 0. The van der Waals surface area contributed by atoms with Gasteiger partial charge in [-0.1, -0.05) is 0 Å². The molecule has 18 heavy (non-hydrogen) atoms. The summed E-state index contributed by atoms with van der Waals surface area (Å²) >= 11 is 0. The van der Waals surface area contributed by atoms with Crippen molar-refractivity contribution in [3.05, 3.63) is 23.0 Å². The summed E-state index contributed by atoms with van der Waals surface area (Å²) < 4.78 is 2.06. The Bertz CT molecular complexity index is 450. The largest absolute Gasteiger partial charge is 0.351 e. The Morgan fingerprint density at radius 3 is 2.78 bits per heavy atom. The second-order valence-corrected chi connectivity index (χ2v) is 5.40. The zero-order chi connectivity index (χ0) is 13.3. The van der Waals surface area contributed by atoms with E-state index >= 15 is 0 Å². The quantitative estimate of drug-likeness (QED) is 0.820. The number of piperidine rings is 1. The first-order valence-electron chi connectivity index (χ1n) is 6.63. The number of aryl methyl sites for hydroxylation is 1. The minimum absolute atomic E-state index is 0.213. The topological polar surface area (TPSA) is 51.3 Å². The van der Waals surface area contributed by atoms with Crippen molar-refractivity contribution in [2.75, 3.05) is 19.6 Å². The number of carbonyl (C=O) groups is 1. The zero-order valence-corrected chi connectivity index (χ0v) is 11.6. The van der Waals surface area contributed by atoms with Crippen molar-refractivity contribution in [3.8, 4) is 0 Å².